The molecular formula is C9H14OS. The average Bonchev–Trinajstić information content (AvgIpc) is 2.39. The van der Waals surface area contributed by atoms with Crippen molar-refractivity contribution in [3.05, 3.63) is 22.4 Å². The van der Waals surface area contributed by atoms with E-state index in [0.717, 1.165) is 6.42 Å². The molecule has 0 aliphatic rings. The Bertz CT molecular complexity index is 191. The summed E-state index contributed by atoms with van der Waals surface area (Å²) in [5.41, 5.74) is 0. The average molecular weight is 170 g/mol. The lowest BCUT2D eigenvalue weighted by Crippen LogP contribution is -2.16. The van der Waals surface area contributed by atoms with E-state index in [4.69, 9.17) is 0 Å². The smallest absolute Gasteiger partial charge is 0.0611 e. The van der Waals surface area contributed by atoms with Gasteiger partial charge >= 0.3 is 0 Å². The Balaban J connectivity index is 2.43. The SMILES string of the molecule is CC(C)[C@H](O)Cc1cccs1. The highest BCUT2D eigenvalue weighted by Gasteiger charge is 2.09. The van der Waals surface area contributed by atoms with Gasteiger partial charge in [0.05, 0.1) is 6.10 Å². The van der Waals surface area contributed by atoms with Crippen molar-refractivity contribution in [2.24, 2.45) is 5.92 Å². The molecule has 1 rings (SSSR count). The van der Waals surface area contributed by atoms with Crippen molar-refractivity contribution in [1.82, 2.24) is 0 Å². The molecule has 0 saturated carbocycles. The standard InChI is InChI=1S/C9H14OS/c1-7(2)9(10)6-8-4-3-5-11-8/h3-5,7,9-10H,6H2,1-2H3/t9-/m1/s1. The van der Waals surface area contributed by atoms with Crippen molar-refractivity contribution in [2.75, 3.05) is 0 Å². The largest absolute Gasteiger partial charge is 0.392 e. The van der Waals surface area contributed by atoms with Gasteiger partial charge in [-0.1, -0.05) is 19.9 Å². The first kappa shape index (κ1) is 8.75. The molecule has 0 radical (unpaired) electrons. The van der Waals surface area contributed by atoms with Gasteiger partial charge in [0.15, 0.2) is 0 Å². The molecule has 0 bridgehead atoms. The van der Waals surface area contributed by atoms with Crippen LogP contribution in [0, 0.1) is 5.92 Å². The molecule has 11 heavy (non-hydrogen) atoms. The quantitative estimate of drug-likeness (QED) is 0.738. The van der Waals surface area contributed by atoms with Crippen LogP contribution in [-0.2, 0) is 6.42 Å². The minimum absolute atomic E-state index is 0.186. The number of hydrogen-bond acceptors (Lipinski definition) is 2. The van der Waals surface area contributed by atoms with Crippen molar-refractivity contribution in [3.8, 4) is 0 Å². The first-order chi connectivity index (χ1) is 5.20. The Morgan fingerprint density at radius 2 is 2.27 bits per heavy atom. The Morgan fingerprint density at radius 3 is 2.73 bits per heavy atom. The van der Waals surface area contributed by atoms with Crippen molar-refractivity contribution in [1.29, 1.82) is 0 Å². The van der Waals surface area contributed by atoms with E-state index in [0.29, 0.717) is 5.92 Å². The maximum atomic E-state index is 9.50. The van der Waals surface area contributed by atoms with E-state index in [1.807, 2.05) is 25.3 Å². The lowest BCUT2D eigenvalue weighted by atomic mass is 10.0. The molecule has 1 aromatic heterocycles. The van der Waals surface area contributed by atoms with Crippen LogP contribution in [0.3, 0.4) is 0 Å². The number of rotatable bonds is 3. The van der Waals surface area contributed by atoms with E-state index in [9.17, 15) is 5.11 Å². The molecule has 0 spiro atoms. The molecule has 1 heterocycles. The highest BCUT2D eigenvalue weighted by atomic mass is 32.1. The number of aliphatic hydroxyl groups excluding tert-OH is 1. The van der Waals surface area contributed by atoms with Gasteiger partial charge in [-0.2, -0.15) is 0 Å². The molecule has 1 nitrogen and oxygen atoms in total. The third-order valence-corrected chi connectivity index (χ3v) is 2.66. The van der Waals surface area contributed by atoms with E-state index in [1.54, 1.807) is 11.3 Å². The van der Waals surface area contributed by atoms with Gasteiger partial charge in [-0.25, -0.2) is 0 Å². The molecule has 0 fully saturated rings. The van der Waals surface area contributed by atoms with Gasteiger partial charge in [-0.15, -0.1) is 11.3 Å². The van der Waals surface area contributed by atoms with Crippen LogP contribution >= 0.6 is 11.3 Å². The van der Waals surface area contributed by atoms with Gasteiger partial charge in [0, 0.05) is 11.3 Å². The molecule has 0 unspecified atom stereocenters. The first-order valence-corrected chi connectivity index (χ1v) is 4.78. The second kappa shape index (κ2) is 3.88. The molecule has 2 heteroatoms. The van der Waals surface area contributed by atoms with Crippen molar-refractivity contribution in [3.63, 3.8) is 0 Å². The van der Waals surface area contributed by atoms with Crippen LogP contribution in [0.25, 0.3) is 0 Å². The van der Waals surface area contributed by atoms with Crippen LogP contribution in [0.1, 0.15) is 18.7 Å². The summed E-state index contributed by atoms with van der Waals surface area (Å²) in [7, 11) is 0. The van der Waals surface area contributed by atoms with Gasteiger partial charge in [-0.3, -0.25) is 0 Å². The summed E-state index contributed by atoms with van der Waals surface area (Å²) >= 11 is 1.71. The minimum Gasteiger partial charge on any atom is -0.392 e. The summed E-state index contributed by atoms with van der Waals surface area (Å²) in [6, 6.07) is 4.09. The summed E-state index contributed by atoms with van der Waals surface area (Å²) in [6.07, 6.45) is 0.614. The summed E-state index contributed by atoms with van der Waals surface area (Å²) in [5.74, 6) is 0.358. The number of thiophene rings is 1. The highest BCUT2D eigenvalue weighted by molar-refractivity contribution is 7.09. The van der Waals surface area contributed by atoms with Crippen molar-refractivity contribution < 1.29 is 5.11 Å². The Morgan fingerprint density at radius 1 is 1.55 bits per heavy atom. The molecule has 0 aromatic carbocycles. The summed E-state index contributed by atoms with van der Waals surface area (Å²) in [5, 5.41) is 11.5. The first-order valence-electron chi connectivity index (χ1n) is 3.90. The van der Waals surface area contributed by atoms with Gasteiger partial charge in [0.25, 0.3) is 0 Å². The summed E-state index contributed by atoms with van der Waals surface area (Å²) in [6.45, 7) is 4.08. The van der Waals surface area contributed by atoms with Crippen LogP contribution in [0.15, 0.2) is 17.5 Å². The van der Waals surface area contributed by atoms with E-state index in [2.05, 4.69) is 6.07 Å². The molecule has 0 saturated heterocycles. The van der Waals surface area contributed by atoms with E-state index in [1.165, 1.54) is 4.88 Å². The predicted octanol–water partition coefficient (Wildman–Crippen LogP) is 2.31. The minimum atomic E-state index is -0.186. The van der Waals surface area contributed by atoms with Gasteiger partial charge in [-0.05, 0) is 17.4 Å². The zero-order valence-electron chi connectivity index (χ0n) is 6.95. The third-order valence-electron chi connectivity index (χ3n) is 1.76. The van der Waals surface area contributed by atoms with Crippen LogP contribution in [0.4, 0.5) is 0 Å². The molecular weight excluding hydrogens is 156 g/mol. The maximum absolute atomic E-state index is 9.50. The Hall–Kier alpha value is -0.340. The lowest BCUT2D eigenvalue weighted by Gasteiger charge is -2.12. The van der Waals surface area contributed by atoms with Crippen molar-refractivity contribution in [2.45, 2.75) is 26.4 Å². The van der Waals surface area contributed by atoms with Crippen LogP contribution in [-0.4, -0.2) is 11.2 Å². The molecule has 1 atom stereocenters. The summed E-state index contributed by atoms with van der Waals surface area (Å²) < 4.78 is 0. The molecule has 0 aliphatic carbocycles. The zero-order chi connectivity index (χ0) is 8.27. The Labute approximate surface area is 71.7 Å². The fourth-order valence-electron chi connectivity index (χ4n) is 0.871. The van der Waals surface area contributed by atoms with Crippen molar-refractivity contribution >= 4 is 11.3 Å². The second-order valence-electron chi connectivity index (χ2n) is 3.09. The second-order valence-corrected chi connectivity index (χ2v) is 4.13. The third kappa shape index (κ3) is 2.64. The topological polar surface area (TPSA) is 20.2 Å². The van der Waals surface area contributed by atoms with E-state index >= 15 is 0 Å². The fraction of sp³-hybridized carbons (Fsp3) is 0.556. The molecule has 1 N–H and O–H groups in total. The maximum Gasteiger partial charge on any atom is 0.0611 e. The van der Waals surface area contributed by atoms with E-state index < -0.39 is 0 Å². The van der Waals surface area contributed by atoms with E-state index in [-0.39, 0.29) is 6.10 Å². The molecule has 0 amide bonds. The predicted molar refractivity (Wildman–Crippen MR) is 48.9 cm³/mol. The molecule has 62 valence electrons. The molecule has 0 aliphatic heterocycles. The zero-order valence-corrected chi connectivity index (χ0v) is 7.77. The van der Waals surface area contributed by atoms with Gasteiger partial charge < -0.3 is 5.11 Å². The fourth-order valence-corrected chi connectivity index (χ4v) is 1.63. The monoisotopic (exact) mass is 170 g/mol. The highest BCUT2D eigenvalue weighted by Crippen LogP contribution is 2.14. The van der Waals surface area contributed by atoms with Crippen LogP contribution in [0.2, 0.25) is 0 Å². The van der Waals surface area contributed by atoms with Gasteiger partial charge in [0.1, 0.15) is 0 Å². The van der Waals surface area contributed by atoms with Crippen LogP contribution < -0.4 is 0 Å². The lowest BCUT2D eigenvalue weighted by molar-refractivity contribution is 0.126. The molecule has 1 aromatic rings. The number of hydrogen-bond donors (Lipinski definition) is 1. The van der Waals surface area contributed by atoms with Crippen LogP contribution in [0.5, 0.6) is 0 Å². The van der Waals surface area contributed by atoms with Gasteiger partial charge in [0.2, 0.25) is 0 Å². The normalized spacial score (nSPS) is 13.8. The number of aliphatic hydroxyl groups is 1. The Kier molecular flexibility index (Phi) is 3.09. The summed E-state index contributed by atoms with van der Waals surface area (Å²) in [4.78, 5) is 1.27.